The number of hydrogen-bond donors (Lipinski definition) is 2. The van der Waals surface area contributed by atoms with Crippen LogP contribution < -0.4 is 5.32 Å². The molecular weight excluding hydrogens is 294 g/mol. The minimum absolute atomic E-state index is 0.0468. The van der Waals surface area contributed by atoms with Gasteiger partial charge in [-0.3, -0.25) is 9.59 Å². The average Bonchev–Trinajstić information content (AvgIpc) is 2.63. The third-order valence-electron chi connectivity index (χ3n) is 2.05. The summed E-state index contributed by atoms with van der Waals surface area (Å²) in [5.74, 6) is -1.12. The van der Waals surface area contributed by atoms with E-state index in [-0.39, 0.29) is 18.4 Å². The molecule has 1 aromatic rings. The van der Waals surface area contributed by atoms with Crippen LogP contribution in [0, 0.1) is 0 Å². The summed E-state index contributed by atoms with van der Waals surface area (Å²) in [5, 5.41) is 11.3. The van der Waals surface area contributed by atoms with E-state index in [1.165, 1.54) is 11.3 Å². The number of aliphatic carboxylic acids is 1. The highest BCUT2D eigenvalue weighted by Crippen LogP contribution is 2.22. The van der Waals surface area contributed by atoms with Crippen molar-refractivity contribution in [3.05, 3.63) is 20.8 Å². The van der Waals surface area contributed by atoms with Crippen LogP contribution >= 0.6 is 27.3 Å². The van der Waals surface area contributed by atoms with Gasteiger partial charge in [0.15, 0.2) is 0 Å². The van der Waals surface area contributed by atoms with Crippen LogP contribution in [0.4, 0.5) is 0 Å². The van der Waals surface area contributed by atoms with E-state index in [1.54, 1.807) is 12.1 Å². The fourth-order valence-electron chi connectivity index (χ4n) is 1.20. The van der Waals surface area contributed by atoms with Gasteiger partial charge in [0.2, 0.25) is 0 Å². The predicted octanol–water partition coefficient (Wildman–Crippen LogP) is 2.49. The molecule has 1 aromatic heterocycles. The van der Waals surface area contributed by atoms with Gasteiger partial charge in [-0.1, -0.05) is 6.92 Å². The Morgan fingerprint density at radius 3 is 2.69 bits per heavy atom. The second kappa shape index (κ2) is 6.00. The van der Waals surface area contributed by atoms with Gasteiger partial charge in [0.25, 0.3) is 5.91 Å². The molecule has 0 bridgehead atoms. The minimum Gasteiger partial charge on any atom is -0.481 e. The first kappa shape index (κ1) is 13.2. The topological polar surface area (TPSA) is 66.4 Å². The molecular formula is C10H12BrNO3S. The van der Waals surface area contributed by atoms with Crippen molar-refractivity contribution in [1.29, 1.82) is 0 Å². The Kier molecular flexibility index (Phi) is 4.95. The molecule has 1 atom stereocenters. The highest BCUT2D eigenvalue weighted by Gasteiger charge is 2.16. The molecule has 2 N–H and O–H groups in total. The van der Waals surface area contributed by atoms with E-state index >= 15 is 0 Å². The SMILES string of the molecule is CCC(CC(=O)O)NC(=O)c1ccc(Br)s1. The highest BCUT2D eigenvalue weighted by molar-refractivity contribution is 9.11. The zero-order valence-corrected chi connectivity index (χ0v) is 11.1. The number of carboxylic acids is 1. The monoisotopic (exact) mass is 305 g/mol. The summed E-state index contributed by atoms with van der Waals surface area (Å²) in [5.41, 5.74) is 0. The van der Waals surface area contributed by atoms with Gasteiger partial charge < -0.3 is 10.4 Å². The number of hydrogen-bond acceptors (Lipinski definition) is 3. The van der Waals surface area contributed by atoms with Crippen molar-refractivity contribution < 1.29 is 14.7 Å². The predicted molar refractivity (Wildman–Crippen MR) is 65.8 cm³/mol. The van der Waals surface area contributed by atoms with Gasteiger partial charge in [0.05, 0.1) is 15.1 Å². The van der Waals surface area contributed by atoms with Crippen molar-refractivity contribution >= 4 is 39.1 Å². The lowest BCUT2D eigenvalue weighted by Gasteiger charge is -2.13. The number of thiophene rings is 1. The first-order chi connectivity index (χ1) is 7.52. The van der Waals surface area contributed by atoms with Crippen LogP contribution in [-0.4, -0.2) is 23.0 Å². The summed E-state index contributed by atoms with van der Waals surface area (Å²) in [4.78, 5) is 22.8. The zero-order valence-electron chi connectivity index (χ0n) is 8.70. The molecule has 0 aliphatic heterocycles. The maximum Gasteiger partial charge on any atom is 0.305 e. The summed E-state index contributed by atoms with van der Waals surface area (Å²) in [6.45, 7) is 1.85. The van der Waals surface area contributed by atoms with Crippen LogP contribution in [0.3, 0.4) is 0 Å². The number of nitrogens with one attached hydrogen (secondary N) is 1. The van der Waals surface area contributed by atoms with E-state index in [4.69, 9.17) is 5.11 Å². The number of carbonyl (C=O) groups is 2. The van der Waals surface area contributed by atoms with E-state index < -0.39 is 5.97 Å². The van der Waals surface area contributed by atoms with Crippen molar-refractivity contribution in [3.8, 4) is 0 Å². The van der Waals surface area contributed by atoms with E-state index in [2.05, 4.69) is 21.2 Å². The molecule has 16 heavy (non-hydrogen) atoms. The molecule has 0 saturated heterocycles. The van der Waals surface area contributed by atoms with Crippen LogP contribution in [0.25, 0.3) is 0 Å². The maximum absolute atomic E-state index is 11.7. The van der Waals surface area contributed by atoms with Gasteiger partial charge in [0.1, 0.15) is 0 Å². The highest BCUT2D eigenvalue weighted by atomic mass is 79.9. The smallest absolute Gasteiger partial charge is 0.305 e. The third-order valence-corrected chi connectivity index (χ3v) is 3.67. The Morgan fingerprint density at radius 1 is 1.56 bits per heavy atom. The molecule has 6 heteroatoms. The molecule has 0 saturated carbocycles. The average molecular weight is 306 g/mol. The summed E-state index contributed by atoms with van der Waals surface area (Å²) >= 11 is 4.59. The van der Waals surface area contributed by atoms with E-state index in [0.717, 1.165) is 3.79 Å². The minimum atomic E-state index is -0.903. The lowest BCUT2D eigenvalue weighted by atomic mass is 10.1. The van der Waals surface area contributed by atoms with Crippen LogP contribution in [0.15, 0.2) is 15.9 Å². The van der Waals surface area contributed by atoms with Gasteiger partial charge in [-0.2, -0.15) is 0 Å². The molecule has 1 heterocycles. The van der Waals surface area contributed by atoms with Crippen LogP contribution in [0.2, 0.25) is 0 Å². The van der Waals surface area contributed by atoms with Gasteiger partial charge in [0, 0.05) is 6.04 Å². The summed E-state index contributed by atoms with van der Waals surface area (Å²) in [6, 6.07) is 3.18. The second-order valence-electron chi connectivity index (χ2n) is 3.28. The molecule has 1 unspecified atom stereocenters. The quantitative estimate of drug-likeness (QED) is 0.878. The lowest BCUT2D eigenvalue weighted by molar-refractivity contribution is -0.137. The number of carboxylic acid groups (broad SMARTS) is 1. The molecule has 0 spiro atoms. The van der Waals surface area contributed by atoms with Gasteiger partial charge in [-0.05, 0) is 34.5 Å². The summed E-state index contributed by atoms with van der Waals surface area (Å²) in [6.07, 6.45) is 0.555. The number of halogens is 1. The van der Waals surface area contributed by atoms with Crippen molar-refractivity contribution in [3.63, 3.8) is 0 Å². The van der Waals surface area contributed by atoms with Crippen molar-refractivity contribution in [2.45, 2.75) is 25.8 Å². The second-order valence-corrected chi connectivity index (χ2v) is 5.74. The Morgan fingerprint density at radius 2 is 2.25 bits per heavy atom. The Hall–Kier alpha value is -0.880. The van der Waals surface area contributed by atoms with Gasteiger partial charge in [-0.25, -0.2) is 0 Å². The summed E-state index contributed by atoms with van der Waals surface area (Å²) in [7, 11) is 0. The van der Waals surface area contributed by atoms with Crippen molar-refractivity contribution in [2.75, 3.05) is 0 Å². The Bertz CT molecular complexity index is 391. The van der Waals surface area contributed by atoms with E-state index in [1.807, 2.05) is 6.92 Å². The first-order valence-corrected chi connectivity index (χ1v) is 6.42. The zero-order chi connectivity index (χ0) is 12.1. The molecule has 0 radical (unpaired) electrons. The molecule has 0 aliphatic carbocycles. The van der Waals surface area contributed by atoms with Crippen molar-refractivity contribution in [1.82, 2.24) is 5.32 Å². The van der Waals surface area contributed by atoms with Crippen LogP contribution in [0.1, 0.15) is 29.4 Å². The third kappa shape index (κ3) is 3.94. The van der Waals surface area contributed by atoms with E-state index in [9.17, 15) is 9.59 Å². The fraction of sp³-hybridized carbons (Fsp3) is 0.400. The van der Waals surface area contributed by atoms with Gasteiger partial charge in [-0.15, -0.1) is 11.3 Å². The normalized spacial score (nSPS) is 12.1. The van der Waals surface area contributed by atoms with Crippen LogP contribution in [0.5, 0.6) is 0 Å². The lowest BCUT2D eigenvalue weighted by Crippen LogP contribution is -2.35. The Labute approximate surface area is 106 Å². The van der Waals surface area contributed by atoms with Crippen LogP contribution in [-0.2, 0) is 4.79 Å². The maximum atomic E-state index is 11.7. The van der Waals surface area contributed by atoms with Gasteiger partial charge >= 0.3 is 5.97 Å². The largest absolute Gasteiger partial charge is 0.481 e. The molecule has 4 nitrogen and oxygen atoms in total. The van der Waals surface area contributed by atoms with E-state index in [0.29, 0.717) is 11.3 Å². The molecule has 0 aromatic carbocycles. The standard InChI is InChI=1S/C10H12BrNO3S/c1-2-6(5-9(13)14)12-10(15)7-3-4-8(11)16-7/h3-4,6H,2,5H2,1H3,(H,12,15)(H,13,14). The number of amides is 1. The molecule has 0 aliphatic rings. The molecule has 88 valence electrons. The first-order valence-electron chi connectivity index (χ1n) is 4.81. The number of rotatable bonds is 5. The Balaban J connectivity index is 2.58. The molecule has 1 rings (SSSR count). The molecule has 0 fully saturated rings. The summed E-state index contributed by atoms with van der Waals surface area (Å²) < 4.78 is 0.879. The number of carbonyl (C=O) groups excluding carboxylic acids is 1. The fourth-order valence-corrected chi connectivity index (χ4v) is 2.49. The molecule has 1 amide bonds. The van der Waals surface area contributed by atoms with Crippen molar-refractivity contribution in [2.24, 2.45) is 0 Å².